The van der Waals surface area contributed by atoms with E-state index in [-0.39, 0.29) is 5.91 Å². The zero-order chi connectivity index (χ0) is 14.7. The molecule has 19 heavy (non-hydrogen) atoms. The summed E-state index contributed by atoms with van der Waals surface area (Å²) in [6, 6.07) is -1.20. The number of hydrogen-bond donors (Lipinski definition) is 3. The SMILES string of the molecule is N#CC(N=O)C(=O)NC(=O)NCCCCCC(N)=O. The molecule has 0 spiro atoms. The van der Waals surface area contributed by atoms with Crippen LogP contribution < -0.4 is 16.4 Å². The Kier molecular flexibility index (Phi) is 8.27. The summed E-state index contributed by atoms with van der Waals surface area (Å²) < 4.78 is 0. The molecule has 0 rings (SSSR count). The highest BCUT2D eigenvalue weighted by Crippen LogP contribution is 1.97. The van der Waals surface area contributed by atoms with Gasteiger partial charge in [-0.25, -0.2) is 4.79 Å². The molecule has 0 fully saturated rings. The van der Waals surface area contributed by atoms with Gasteiger partial charge in [-0.2, -0.15) is 5.26 Å². The highest BCUT2D eigenvalue weighted by molar-refractivity contribution is 5.98. The first-order chi connectivity index (χ1) is 9.01. The predicted octanol–water partition coefficient (Wildman–Crippen LogP) is -0.484. The first-order valence-corrected chi connectivity index (χ1v) is 5.60. The highest BCUT2D eigenvalue weighted by Gasteiger charge is 2.20. The third-order valence-corrected chi connectivity index (χ3v) is 2.10. The maximum absolute atomic E-state index is 11.2. The fraction of sp³-hybridized carbons (Fsp3) is 0.600. The molecule has 0 aromatic carbocycles. The fourth-order valence-electron chi connectivity index (χ4n) is 1.16. The van der Waals surface area contributed by atoms with Gasteiger partial charge in [0, 0.05) is 13.0 Å². The molecular weight excluding hydrogens is 254 g/mol. The van der Waals surface area contributed by atoms with Gasteiger partial charge in [0.25, 0.3) is 11.9 Å². The Morgan fingerprint density at radius 2 is 1.95 bits per heavy atom. The molecule has 0 saturated carbocycles. The third kappa shape index (κ3) is 8.25. The van der Waals surface area contributed by atoms with Crippen molar-refractivity contribution in [3.8, 4) is 6.07 Å². The number of amides is 4. The summed E-state index contributed by atoms with van der Waals surface area (Å²) in [7, 11) is 0. The Bertz CT molecular complexity index is 390. The summed E-state index contributed by atoms with van der Waals surface area (Å²) in [6.07, 6.45) is 2.24. The molecule has 104 valence electrons. The monoisotopic (exact) mass is 269 g/mol. The van der Waals surface area contributed by atoms with Crippen LogP contribution in [0.5, 0.6) is 0 Å². The summed E-state index contributed by atoms with van der Waals surface area (Å²) in [5.74, 6) is -1.44. The molecule has 0 bridgehead atoms. The maximum Gasteiger partial charge on any atom is 0.321 e. The van der Waals surface area contributed by atoms with E-state index in [0.717, 1.165) is 0 Å². The van der Waals surface area contributed by atoms with Crippen LogP contribution in [0.15, 0.2) is 5.18 Å². The lowest BCUT2D eigenvalue weighted by atomic mass is 10.2. The van der Waals surface area contributed by atoms with Crippen molar-refractivity contribution in [1.82, 2.24) is 10.6 Å². The smallest absolute Gasteiger partial charge is 0.321 e. The van der Waals surface area contributed by atoms with Gasteiger partial charge in [0.15, 0.2) is 0 Å². The van der Waals surface area contributed by atoms with Crippen LogP contribution in [-0.2, 0) is 9.59 Å². The number of primary amides is 1. The molecule has 9 heteroatoms. The minimum absolute atomic E-state index is 0.291. The molecule has 0 aliphatic carbocycles. The van der Waals surface area contributed by atoms with Gasteiger partial charge < -0.3 is 11.1 Å². The van der Waals surface area contributed by atoms with Crippen LogP contribution in [0.1, 0.15) is 25.7 Å². The van der Waals surface area contributed by atoms with Crippen LogP contribution in [0.25, 0.3) is 0 Å². The van der Waals surface area contributed by atoms with Gasteiger partial charge in [0.1, 0.15) is 6.07 Å². The van der Waals surface area contributed by atoms with Crippen molar-refractivity contribution in [2.24, 2.45) is 10.9 Å². The number of nitrogens with one attached hydrogen (secondary N) is 2. The van der Waals surface area contributed by atoms with E-state index in [1.807, 2.05) is 5.32 Å². The van der Waals surface area contributed by atoms with E-state index in [9.17, 15) is 19.3 Å². The van der Waals surface area contributed by atoms with Crippen LogP contribution in [0.2, 0.25) is 0 Å². The van der Waals surface area contributed by atoms with Crippen molar-refractivity contribution in [2.45, 2.75) is 31.7 Å². The molecule has 9 nitrogen and oxygen atoms in total. The van der Waals surface area contributed by atoms with Gasteiger partial charge in [-0.1, -0.05) is 6.42 Å². The Hall–Kier alpha value is -2.50. The molecule has 4 N–H and O–H groups in total. The van der Waals surface area contributed by atoms with E-state index in [1.54, 1.807) is 0 Å². The van der Waals surface area contributed by atoms with Crippen LogP contribution >= 0.6 is 0 Å². The summed E-state index contributed by atoms with van der Waals surface area (Å²) in [6.45, 7) is 0.295. The van der Waals surface area contributed by atoms with Gasteiger partial charge in [0.2, 0.25) is 5.91 Å². The van der Waals surface area contributed by atoms with E-state index >= 15 is 0 Å². The third-order valence-electron chi connectivity index (χ3n) is 2.10. The lowest BCUT2D eigenvalue weighted by Crippen LogP contribution is -2.43. The Morgan fingerprint density at radius 1 is 1.26 bits per heavy atom. The number of carbonyl (C=O) groups is 3. The van der Waals surface area contributed by atoms with E-state index in [2.05, 4.69) is 10.5 Å². The summed E-state index contributed by atoms with van der Waals surface area (Å²) in [5.41, 5.74) is 4.95. The zero-order valence-electron chi connectivity index (χ0n) is 10.2. The molecule has 1 unspecified atom stereocenters. The summed E-state index contributed by atoms with van der Waals surface area (Å²) in [5, 5.41) is 14.8. The molecule has 0 heterocycles. The number of nitriles is 1. The second kappa shape index (κ2) is 9.52. The molecule has 0 aromatic rings. The van der Waals surface area contributed by atoms with Crippen molar-refractivity contribution >= 4 is 17.8 Å². The van der Waals surface area contributed by atoms with Crippen molar-refractivity contribution in [1.29, 1.82) is 5.26 Å². The second-order valence-corrected chi connectivity index (χ2v) is 3.66. The van der Waals surface area contributed by atoms with Crippen molar-refractivity contribution in [2.75, 3.05) is 6.54 Å². The van der Waals surface area contributed by atoms with E-state index in [4.69, 9.17) is 11.0 Å². The fourth-order valence-corrected chi connectivity index (χ4v) is 1.16. The van der Waals surface area contributed by atoms with Gasteiger partial charge >= 0.3 is 6.03 Å². The summed E-state index contributed by atoms with van der Waals surface area (Å²) in [4.78, 5) is 42.7. The molecule has 0 radical (unpaired) electrons. The van der Waals surface area contributed by atoms with Crippen molar-refractivity contribution in [3.63, 3.8) is 0 Å². The van der Waals surface area contributed by atoms with Gasteiger partial charge in [0.05, 0.1) is 0 Å². The molecule has 4 amide bonds. The number of rotatable bonds is 8. The number of nitrogens with two attached hydrogens (primary N) is 1. The minimum atomic E-state index is -1.73. The molecule has 0 aliphatic rings. The largest absolute Gasteiger partial charge is 0.370 e. The number of urea groups is 1. The lowest BCUT2D eigenvalue weighted by Gasteiger charge is -2.06. The minimum Gasteiger partial charge on any atom is -0.370 e. The van der Waals surface area contributed by atoms with Gasteiger partial charge in [-0.05, 0) is 18.0 Å². The maximum atomic E-state index is 11.2. The number of imide groups is 1. The van der Waals surface area contributed by atoms with Crippen LogP contribution in [0, 0.1) is 16.2 Å². The average Bonchev–Trinajstić information content (AvgIpc) is 2.34. The molecule has 0 aliphatic heterocycles. The number of carbonyl (C=O) groups excluding carboxylic acids is 3. The highest BCUT2D eigenvalue weighted by atomic mass is 16.3. The molecule has 0 aromatic heterocycles. The first-order valence-electron chi connectivity index (χ1n) is 5.60. The standard InChI is InChI=1S/C10H15N5O4/c11-6-7(15-19)9(17)14-10(18)13-5-3-1-2-4-8(12)16/h7H,1-5H2,(H2,12,16)(H2,13,14,17,18). The van der Waals surface area contributed by atoms with Gasteiger partial charge in [-0.3, -0.25) is 14.9 Å². The lowest BCUT2D eigenvalue weighted by molar-refractivity contribution is -0.120. The number of unbranched alkanes of at least 4 members (excludes halogenated alkanes) is 2. The normalized spacial score (nSPS) is 10.9. The number of nitroso groups, excluding NO2 is 1. The van der Waals surface area contributed by atoms with E-state index in [1.165, 1.54) is 6.07 Å². The predicted molar refractivity (Wildman–Crippen MR) is 64.4 cm³/mol. The molecule has 1 atom stereocenters. The van der Waals surface area contributed by atoms with E-state index < -0.39 is 18.0 Å². The Labute approximate surface area is 109 Å². The summed E-state index contributed by atoms with van der Waals surface area (Å²) >= 11 is 0. The van der Waals surface area contributed by atoms with Crippen LogP contribution in [0.4, 0.5) is 4.79 Å². The second-order valence-electron chi connectivity index (χ2n) is 3.66. The van der Waals surface area contributed by atoms with Crippen LogP contribution in [-0.4, -0.2) is 30.4 Å². The topological polar surface area (TPSA) is 155 Å². The van der Waals surface area contributed by atoms with Crippen molar-refractivity contribution in [3.05, 3.63) is 4.91 Å². The van der Waals surface area contributed by atoms with E-state index in [0.29, 0.717) is 32.2 Å². The van der Waals surface area contributed by atoms with Gasteiger partial charge in [-0.15, -0.1) is 4.91 Å². The Balaban J connectivity index is 3.71. The first kappa shape index (κ1) is 16.5. The average molecular weight is 269 g/mol. The Morgan fingerprint density at radius 3 is 2.47 bits per heavy atom. The molecule has 0 saturated heterocycles. The van der Waals surface area contributed by atoms with Crippen LogP contribution in [0.3, 0.4) is 0 Å². The zero-order valence-corrected chi connectivity index (χ0v) is 10.2. The quantitative estimate of drug-likeness (QED) is 0.400. The van der Waals surface area contributed by atoms with Crippen molar-refractivity contribution < 1.29 is 14.4 Å². The number of hydrogen-bond acceptors (Lipinski definition) is 6. The molecular formula is C10H15N5O4. The number of nitrogens with zero attached hydrogens (tertiary/aromatic N) is 2.